The van der Waals surface area contributed by atoms with Crippen molar-refractivity contribution in [3.8, 4) is 0 Å². The third kappa shape index (κ3) is 2.56. The van der Waals surface area contributed by atoms with Gasteiger partial charge in [-0.15, -0.1) is 0 Å². The van der Waals surface area contributed by atoms with E-state index in [4.69, 9.17) is 0 Å². The lowest BCUT2D eigenvalue weighted by Crippen LogP contribution is -2.12. The summed E-state index contributed by atoms with van der Waals surface area (Å²) in [6, 6.07) is 15.6. The van der Waals surface area contributed by atoms with Gasteiger partial charge in [-0.3, -0.25) is 9.78 Å². The molecule has 1 aromatic heterocycles. The van der Waals surface area contributed by atoms with Crippen molar-refractivity contribution in [2.45, 2.75) is 0 Å². The smallest absolute Gasteiger partial charge is 0.256 e. The molecule has 1 N–H and O–H groups in total. The minimum atomic E-state index is -0.158. The van der Waals surface area contributed by atoms with E-state index in [2.05, 4.69) is 26.2 Å². The van der Waals surface area contributed by atoms with Gasteiger partial charge in [0.05, 0.1) is 5.56 Å². The highest BCUT2D eigenvalue weighted by Crippen LogP contribution is 2.21. The van der Waals surface area contributed by atoms with Crippen LogP contribution in [0.4, 0.5) is 5.69 Å². The Morgan fingerprint density at radius 1 is 1.05 bits per heavy atom. The number of hydrogen-bond acceptors (Lipinski definition) is 2. The second-order valence-corrected chi connectivity index (χ2v) is 5.23. The normalized spacial score (nSPS) is 10.4. The molecule has 3 aromatic rings. The molecule has 2 aromatic carbocycles. The maximum absolute atomic E-state index is 12.2. The first-order valence-electron chi connectivity index (χ1n) is 6.14. The van der Waals surface area contributed by atoms with Gasteiger partial charge in [-0.2, -0.15) is 0 Å². The van der Waals surface area contributed by atoms with Crippen LogP contribution in [0.15, 0.2) is 65.4 Å². The fraction of sp³-hybridized carbons (Fsp3) is 0. The first-order valence-corrected chi connectivity index (χ1v) is 6.93. The van der Waals surface area contributed by atoms with E-state index in [1.165, 1.54) is 0 Å². The maximum Gasteiger partial charge on any atom is 0.256 e. The number of hydrogen-bond donors (Lipinski definition) is 1. The van der Waals surface area contributed by atoms with Crippen LogP contribution in [0.5, 0.6) is 0 Å². The lowest BCUT2D eigenvalue weighted by atomic mass is 10.1. The van der Waals surface area contributed by atoms with E-state index in [-0.39, 0.29) is 5.91 Å². The van der Waals surface area contributed by atoms with Gasteiger partial charge < -0.3 is 5.32 Å². The molecule has 0 saturated heterocycles. The van der Waals surface area contributed by atoms with E-state index in [1.807, 2.05) is 42.5 Å². The maximum atomic E-state index is 12.2. The molecule has 98 valence electrons. The molecule has 20 heavy (non-hydrogen) atoms. The number of aromatic nitrogens is 1. The summed E-state index contributed by atoms with van der Waals surface area (Å²) in [4.78, 5) is 16.2. The summed E-state index contributed by atoms with van der Waals surface area (Å²) in [5, 5.41) is 5.14. The van der Waals surface area contributed by atoms with Crippen molar-refractivity contribution in [3.63, 3.8) is 0 Å². The number of rotatable bonds is 2. The van der Waals surface area contributed by atoms with Crippen molar-refractivity contribution in [3.05, 3.63) is 71.0 Å². The lowest BCUT2D eigenvalue weighted by Gasteiger charge is -2.07. The van der Waals surface area contributed by atoms with E-state index in [1.54, 1.807) is 18.5 Å². The zero-order valence-electron chi connectivity index (χ0n) is 10.5. The van der Waals surface area contributed by atoms with Gasteiger partial charge in [-0.1, -0.05) is 30.3 Å². The molecule has 1 amide bonds. The average molecular weight is 327 g/mol. The second-order valence-electron chi connectivity index (χ2n) is 4.37. The first-order chi connectivity index (χ1) is 9.74. The number of nitrogens with zero attached hydrogens (tertiary/aromatic N) is 1. The summed E-state index contributed by atoms with van der Waals surface area (Å²) >= 11 is 3.33. The molecule has 0 saturated carbocycles. The van der Waals surface area contributed by atoms with Crippen LogP contribution < -0.4 is 5.32 Å². The van der Waals surface area contributed by atoms with E-state index in [9.17, 15) is 4.79 Å². The van der Waals surface area contributed by atoms with Crippen LogP contribution in [0.1, 0.15) is 10.4 Å². The molecule has 0 aliphatic carbocycles. The van der Waals surface area contributed by atoms with Gasteiger partial charge in [-0.25, -0.2) is 0 Å². The number of amides is 1. The Kier molecular flexibility index (Phi) is 3.48. The third-order valence-electron chi connectivity index (χ3n) is 3.02. The van der Waals surface area contributed by atoms with Crippen molar-refractivity contribution in [1.82, 2.24) is 4.98 Å². The molecule has 0 atom stereocenters. The monoisotopic (exact) mass is 326 g/mol. The molecular weight excluding hydrogens is 316 g/mol. The molecule has 4 heteroatoms. The topological polar surface area (TPSA) is 42.0 Å². The zero-order valence-corrected chi connectivity index (χ0v) is 12.1. The number of halogens is 1. The SMILES string of the molecule is O=C(Nc1ccc2ccccc2c1)c1ccncc1Br. The molecule has 1 heterocycles. The molecule has 0 spiro atoms. The fourth-order valence-electron chi connectivity index (χ4n) is 2.02. The predicted molar refractivity (Wildman–Crippen MR) is 83.8 cm³/mol. The van der Waals surface area contributed by atoms with E-state index < -0.39 is 0 Å². The Balaban J connectivity index is 1.89. The number of pyridine rings is 1. The Labute approximate surface area is 124 Å². The zero-order chi connectivity index (χ0) is 13.9. The first kappa shape index (κ1) is 12.8. The standard InChI is InChI=1S/C16H11BrN2O/c17-15-10-18-8-7-14(15)16(20)19-13-6-5-11-3-1-2-4-12(11)9-13/h1-10H,(H,19,20). The molecule has 3 nitrogen and oxygen atoms in total. The summed E-state index contributed by atoms with van der Waals surface area (Å²) in [5.41, 5.74) is 1.34. The highest BCUT2D eigenvalue weighted by atomic mass is 79.9. The molecule has 0 aliphatic rings. The van der Waals surface area contributed by atoms with Crippen molar-refractivity contribution >= 4 is 38.3 Å². The van der Waals surface area contributed by atoms with Crippen LogP contribution >= 0.6 is 15.9 Å². The summed E-state index contributed by atoms with van der Waals surface area (Å²) in [7, 11) is 0. The van der Waals surface area contributed by atoms with Crippen molar-refractivity contribution < 1.29 is 4.79 Å². The second kappa shape index (κ2) is 5.43. The van der Waals surface area contributed by atoms with Gasteiger partial charge in [0.1, 0.15) is 0 Å². The van der Waals surface area contributed by atoms with Crippen molar-refractivity contribution in [2.75, 3.05) is 5.32 Å². The molecule has 0 fully saturated rings. The molecule has 3 rings (SSSR count). The van der Waals surface area contributed by atoms with Gasteiger partial charge in [0.25, 0.3) is 5.91 Å². The van der Waals surface area contributed by atoms with E-state index in [0.29, 0.717) is 10.0 Å². The Hall–Kier alpha value is -2.20. The number of nitrogens with one attached hydrogen (secondary N) is 1. The molecule has 0 radical (unpaired) electrons. The largest absolute Gasteiger partial charge is 0.322 e. The summed E-state index contributed by atoms with van der Waals surface area (Å²) in [6.07, 6.45) is 3.20. The quantitative estimate of drug-likeness (QED) is 0.764. The van der Waals surface area contributed by atoms with Crippen LogP contribution in [0.3, 0.4) is 0 Å². The number of benzene rings is 2. The van der Waals surface area contributed by atoms with Gasteiger partial charge in [0.15, 0.2) is 0 Å². The van der Waals surface area contributed by atoms with Crippen molar-refractivity contribution in [2.24, 2.45) is 0 Å². The highest BCUT2D eigenvalue weighted by molar-refractivity contribution is 9.10. The van der Waals surface area contributed by atoms with Crippen LogP contribution in [-0.2, 0) is 0 Å². The minimum absolute atomic E-state index is 0.158. The number of fused-ring (bicyclic) bond motifs is 1. The molecular formula is C16H11BrN2O. The summed E-state index contributed by atoms with van der Waals surface area (Å²) < 4.78 is 0.679. The van der Waals surface area contributed by atoms with Crippen LogP contribution in [0.25, 0.3) is 10.8 Å². The summed E-state index contributed by atoms with van der Waals surface area (Å²) in [6.45, 7) is 0. The highest BCUT2D eigenvalue weighted by Gasteiger charge is 2.09. The van der Waals surface area contributed by atoms with Gasteiger partial charge >= 0.3 is 0 Å². The molecule has 0 aliphatic heterocycles. The van der Waals surface area contributed by atoms with Crippen LogP contribution in [-0.4, -0.2) is 10.9 Å². The third-order valence-corrected chi connectivity index (χ3v) is 3.66. The van der Waals surface area contributed by atoms with E-state index in [0.717, 1.165) is 16.5 Å². The molecule has 0 bridgehead atoms. The van der Waals surface area contributed by atoms with Gasteiger partial charge in [0, 0.05) is 22.6 Å². The average Bonchev–Trinajstić information content (AvgIpc) is 2.47. The Bertz CT molecular complexity index is 786. The summed E-state index contributed by atoms with van der Waals surface area (Å²) in [5.74, 6) is -0.158. The lowest BCUT2D eigenvalue weighted by molar-refractivity contribution is 0.102. The van der Waals surface area contributed by atoms with Gasteiger partial charge in [0.2, 0.25) is 0 Å². The van der Waals surface area contributed by atoms with Crippen LogP contribution in [0, 0.1) is 0 Å². The van der Waals surface area contributed by atoms with Crippen LogP contribution in [0.2, 0.25) is 0 Å². The Morgan fingerprint density at radius 2 is 1.85 bits per heavy atom. The number of carbonyl (C=O) groups is 1. The van der Waals surface area contributed by atoms with E-state index >= 15 is 0 Å². The minimum Gasteiger partial charge on any atom is -0.322 e. The molecule has 0 unspecified atom stereocenters. The van der Waals surface area contributed by atoms with Gasteiger partial charge in [-0.05, 0) is 44.9 Å². The predicted octanol–water partition coefficient (Wildman–Crippen LogP) is 4.25. The number of anilines is 1. The number of carbonyl (C=O) groups excluding carboxylic acids is 1. The fourth-order valence-corrected chi connectivity index (χ4v) is 2.46. The Morgan fingerprint density at radius 3 is 2.65 bits per heavy atom. The van der Waals surface area contributed by atoms with Crippen molar-refractivity contribution in [1.29, 1.82) is 0 Å².